The molecule has 2 aromatic rings. The first kappa shape index (κ1) is 18.8. The van der Waals surface area contributed by atoms with E-state index in [2.05, 4.69) is 0 Å². The van der Waals surface area contributed by atoms with Crippen LogP contribution in [0.5, 0.6) is 5.75 Å². The summed E-state index contributed by atoms with van der Waals surface area (Å²) in [4.78, 5) is 1.38. The Morgan fingerprint density at radius 2 is 1.85 bits per heavy atom. The van der Waals surface area contributed by atoms with Gasteiger partial charge >= 0.3 is 0 Å². The van der Waals surface area contributed by atoms with Gasteiger partial charge in [0.15, 0.2) is 0 Å². The van der Waals surface area contributed by atoms with E-state index in [0.29, 0.717) is 44.0 Å². The number of ether oxygens (including phenoxy) is 1. The summed E-state index contributed by atoms with van der Waals surface area (Å²) >= 11 is 0. The molecule has 0 saturated carbocycles. The van der Waals surface area contributed by atoms with Crippen molar-refractivity contribution in [3.8, 4) is 5.75 Å². The summed E-state index contributed by atoms with van der Waals surface area (Å²) in [7, 11) is -2.14. The first-order valence-corrected chi connectivity index (χ1v) is 10.1. The maximum Gasteiger partial charge on any atom is 0.247 e. The van der Waals surface area contributed by atoms with Gasteiger partial charge in [-0.25, -0.2) is 12.8 Å². The van der Waals surface area contributed by atoms with Crippen molar-refractivity contribution in [1.82, 2.24) is 4.31 Å². The number of hydrogen-bond donors (Lipinski definition) is 1. The minimum Gasteiger partial charge on any atom is -0.495 e. The van der Waals surface area contributed by atoms with Crippen LogP contribution in [0.1, 0.15) is 11.1 Å². The molecular formula is C19H24FN2O3S+. The van der Waals surface area contributed by atoms with E-state index in [1.54, 1.807) is 24.3 Å². The van der Waals surface area contributed by atoms with Gasteiger partial charge < -0.3 is 9.64 Å². The highest BCUT2D eigenvalue weighted by Crippen LogP contribution is 2.27. The number of sulfonamides is 1. The molecule has 5 nitrogen and oxygen atoms in total. The molecule has 1 saturated heterocycles. The lowest BCUT2D eigenvalue weighted by Gasteiger charge is -2.32. The van der Waals surface area contributed by atoms with Crippen molar-refractivity contribution in [2.24, 2.45) is 0 Å². The molecule has 2 aromatic carbocycles. The number of quaternary nitrogens is 1. The van der Waals surface area contributed by atoms with Gasteiger partial charge in [0.25, 0.3) is 0 Å². The predicted octanol–water partition coefficient (Wildman–Crippen LogP) is 1.23. The normalized spacial score (nSPS) is 16.6. The molecule has 0 radical (unpaired) electrons. The van der Waals surface area contributed by atoms with Crippen molar-refractivity contribution in [2.45, 2.75) is 18.4 Å². The number of piperazine rings is 1. The van der Waals surface area contributed by atoms with Crippen molar-refractivity contribution in [2.75, 3.05) is 33.3 Å². The Balaban J connectivity index is 1.71. The van der Waals surface area contributed by atoms with Gasteiger partial charge in [-0.3, -0.25) is 0 Å². The van der Waals surface area contributed by atoms with Crippen LogP contribution in [0.2, 0.25) is 0 Å². The molecule has 140 valence electrons. The Morgan fingerprint density at radius 1 is 1.15 bits per heavy atom. The lowest BCUT2D eigenvalue weighted by Crippen LogP contribution is -3.13. The molecule has 7 heteroatoms. The summed E-state index contributed by atoms with van der Waals surface area (Å²) in [6.07, 6.45) is 0. The lowest BCUT2D eigenvalue weighted by atomic mass is 10.2. The Bertz CT molecular complexity index is 878. The molecule has 26 heavy (non-hydrogen) atoms. The van der Waals surface area contributed by atoms with E-state index in [4.69, 9.17) is 4.74 Å². The zero-order valence-electron chi connectivity index (χ0n) is 15.0. The van der Waals surface area contributed by atoms with Gasteiger partial charge in [-0.05, 0) is 30.7 Å². The average Bonchev–Trinajstić information content (AvgIpc) is 2.64. The van der Waals surface area contributed by atoms with Crippen LogP contribution >= 0.6 is 0 Å². The molecule has 0 aliphatic carbocycles. The summed E-state index contributed by atoms with van der Waals surface area (Å²) in [6.45, 7) is 4.51. The van der Waals surface area contributed by atoms with Crippen LogP contribution in [0.4, 0.5) is 4.39 Å². The molecule has 1 aliphatic heterocycles. The number of methoxy groups -OCH3 is 1. The van der Waals surface area contributed by atoms with Crippen LogP contribution in [-0.4, -0.2) is 46.0 Å². The van der Waals surface area contributed by atoms with E-state index in [1.807, 2.05) is 19.1 Å². The van der Waals surface area contributed by atoms with E-state index in [1.165, 1.54) is 22.4 Å². The minimum atomic E-state index is -3.61. The van der Waals surface area contributed by atoms with Gasteiger partial charge in [0.2, 0.25) is 10.0 Å². The topological polar surface area (TPSA) is 51.1 Å². The lowest BCUT2D eigenvalue weighted by molar-refractivity contribution is -0.917. The Morgan fingerprint density at radius 3 is 2.50 bits per heavy atom. The summed E-state index contributed by atoms with van der Waals surface area (Å²) in [5.74, 6) is 0.149. The van der Waals surface area contributed by atoms with Crippen LogP contribution in [-0.2, 0) is 16.6 Å². The zero-order chi connectivity index (χ0) is 18.7. The van der Waals surface area contributed by atoms with Gasteiger partial charge in [0.1, 0.15) is 23.0 Å². The predicted molar refractivity (Wildman–Crippen MR) is 97.3 cm³/mol. The number of nitrogens with one attached hydrogen (secondary N) is 1. The highest BCUT2D eigenvalue weighted by atomic mass is 32.2. The van der Waals surface area contributed by atoms with E-state index < -0.39 is 10.0 Å². The summed E-state index contributed by atoms with van der Waals surface area (Å²) in [5.41, 5.74) is 1.53. The molecular weight excluding hydrogens is 355 g/mol. The highest BCUT2D eigenvalue weighted by Gasteiger charge is 2.32. The maximum absolute atomic E-state index is 13.8. The second-order valence-corrected chi connectivity index (χ2v) is 8.48. The molecule has 0 aromatic heterocycles. The molecule has 0 unspecified atom stereocenters. The zero-order valence-corrected chi connectivity index (χ0v) is 15.9. The largest absolute Gasteiger partial charge is 0.495 e. The fourth-order valence-corrected chi connectivity index (χ4v) is 4.94. The smallest absolute Gasteiger partial charge is 0.247 e. The first-order valence-electron chi connectivity index (χ1n) is 8.63. The molecule has 1 heterocycles. The fourth-order valence-electron chi connectivity index (χ4n) is 3.26. The second kappa shape index (κ2) is 7.73. The quantitative estimate of drug-likeness (QED) is 0.850. The van der Waals surface area contributed by atoms with E-state index in [-0.39, 0.29) is 10.7 Å². The van der Waals surface area contributed by atoms with Crippen molar-refractivity contribution in [3.05, 3.63) is 59.4 Å². The van der Waals surface area contributed by atoms with Gasteiger partial charge in [0.05, 0.1) is 33.3 Å². The molecule has 0 spiro atoms. The average molecular weight is 379 g/mol. The number of nitrogens with zero attached hydrogens (tertiary/aromatic N) is 1. The van der Waals surface area contributed by atoms with E-state index >= 15 is 0 Å². The Labute approximate surface area is 154 Å². The van der Waals surface area contributed by atoms with Crippen molar-refractivity contribution >= 4 is 10.0 Å². The summed E-state index contributed by atoms with van der Waals surface area (Å²) < 4.78 is 46.6. The fraction of sp³-hybridized carbons (Fsp3) is 0.368. The molecule has 1 aliphatic rings. The second-order valence-electron chi connectivity index (χ2n) is 6.58. The number of aryl methyl sites for hydroxylation is 1. The van der Waals surface area contributed by atoms with Crippen LogP contribution in [0.15, 0.2) is 47.4 Å². The van der Waals surface area contributed by atoms with E-state index in [0.717, 1.165) is 5.56 Å². The molecule has 3 rings (SSSR count). The third-order valence-corrected chi connectivity index (χ3v) is 6.68. The Hall–Kier alpha value is -1.96. The molecule has 0 atom stereocenters. The summed E-state index contributed by atoms with van der Waals surface area (Å²) in [6, 6.07) is 11.9. The van der Waals surface area contributed by atoms with E-state index in [9.17, 15) is 12.8 Å². The van der Waals surface area contributed by atoms with Crippen molar-refractivity contribution in [1.29, 1.82) is 0 Å². The van der Waals surface area contributed by atoms with Crippen LogP contribution in [0.25, 0.3) is 0 Å². The third-order valence-electron chi connectivity index (χ3n) is 4.76. The third kappa shape index (κ3) is 3.90. The molecule has 1 fully saturated rings. The summed E-state index contributed by atoms with van der Waals surface area (Å²) in [5, 5.41) is 0. The van der Waals surface area contributed by atoms with Gasteiger partial charge in [-0.1, -0.05) is 24.3 Å². The highest BCUT2D eigenvalue weighted by molar-refractivity contribution is 7.89. The number of hydrogen-bond acceptors (Lipinski definition) is 3. The SMILES string of the molecule is COc1ccc(C)cc1S(=O)(=O)N1CC[NH+](Cc2ccccc2F)CC1. The number of benzene rings is 2. The van der Waals surface area contributed by atoms with Gasteiger partial charge in [-0.15, -0.1) is 0 Å². The van der Waals surface area contributed by atoms with Crippen molar-refractivity contribution < 1.29 is 22.4 Å². The van der Waals surface area contributed by atoms with Crippen LogP contribution < -0.4 is 9.64 Å². The first-order chi connectivity index (χ1) is 12.4. The number of rotatable bonds is 5. The molecule has 0 bridgehead atoms. The van der Waals surface area contributed by atoms with Gasteiger partial charge in [0, 0.05) is 5.56 Å². The van der Waals surface area contributed by atoms with Crippen molar-refractivity contribution in [3.63, 3.8) is 0 Å². The van der Waals surface area contributed by atoms with Crippen LogP contribution in [0.3, 0.4) is 0 Å². The standard InChI is InChI=1S/C19H23FN2O3S/c1-15-7-8-18(25-2)19(13-15)26(23,24)22-11-9-21(10-12-22)14-16-5-3-4-6-17(16)20/h3-8,13H,9-12,14H2,1-2H3/p+1. The Kier molecular flexibility index (Phi) is 5.60. The number of halogens is 1. The molecule has 0 amide bonds. The molecule has 1 N–H and O–H groups in total. The van der Waals surface area contributed by atoms with Crippen LogP contribution in [0, 0.1) is 12.7 Å². The van der Waals surface area contributed by atoms with Gasteiger partial charge in [-0.2, -0.15) is 4.31 Å². The monoisotopic (exact) mass is 379 g/mol. The maximum atomic E-state index is 13.8. The minimum absolute atomic E-state index is 0.206.